The Hall–Kier alpha value is -3.80. The summed E-state index contributed by atoms with van der Waals surface area (Å²) in [4.78, 5) is 26.1. The third kappa shape index (κ3) is 4.62. The van der Waals surface area contributed by atoms with Crippen molar-refractivity contribution in [2.24, 2.45) is 0 Å². The largest absolute Gasteiger partial charge is 0.508 e. The molecule has 6 heteroatoms. The third-order valence-corrected chi connectivity index (χ3v) is 6.27. The Morgan fingerprint density at radius 2 is 1.47 bits per heavy atom. The molecule has 0 aliphatic carbocycles. The van der Waals surface area contributed by atoms with Gasteiger partial charge in [-0.05, 0) is 80.5 Å². The quantitative estimate of drug-likeness (QED) is 0.356. The van der Waals surface area contributed by atoms with E-state index in [1.165, 1.54) is 13.0 Å². The van der Waals surface area contributed by atoms with Gasteiger partial charge >= 0.3 is 11.9 Å². The van der Waals surface area contributed by atoms with Crippen molar-refractivity contribution in [2.75, 3.05) is 0 Å². The van der Waals surface area contributed by atoms with E-state index in [2.05, 4.69) is 0 Å². The van der Waals surface area contributed by atoms with Gasteiger partial charge in [-0.1, -0.05) is 37.3 Å². The summed E-state index contributed by atoms with van der Waals surface area (Å²) in [5.74, 6) is -1.20. The first-order chi connectivity index (χ1) is 16.1. The number of aromatic hydroxyl groups is 2. The molecule has 2 N–H and O–H groups in total. The van der Waals surface area contributed by atoms with Gasteiger partial charge in [0.25, 0.3) is 0 Å². The van der Waals surface area contributed by atoms with Crippen molar-refractivity contribution in [1.82, 2.24) is 0 Å². The molecule has 0 unspecified atom stereocenters. The standard InChI is InChI=1S/C28H30O6/c1-7-21-18(5)24(27(31)33-14-20-11-9-8-10-12-20)16(3)17(4)26(21)34-28(32)23-15(2)13-22(29)19(6)25(23)30/h8-13,29-30H,7,14H2,1-6H3. The van der Waals surface area contributed by atoms with Crippen LogP contribution in [0.25, 0.3) is 0 Å². The number of benzene rings is 3. The Morgan fingerprint density at radius 3 is 2.09 bits per heavy atom. The lowest BCUT2D eigenvalue weighted by molar-refractivity contribution is 0.0470. The highest BCUT2D eigenvalue weighted by atomic mass is 16.5. The Kier molecular flexibility index (Phi) is 7.30. The number of phenolic OH excluding ortho intramolecular Hbond substituents is 2. The van der Waals surface area contributed by atoms with Crippen molar-refractivity contribution in [2.45, 2.75) is 54.6 Å². The molecule has 178 valence electrons. The van der Waals surface area contributed by atoms with Crippen LogP contribution in [0.2, 0.25) is 0 Å². The molecule has 0 aliphatic rings. The molecular weight excluding hydrogens is 432 g/mol. The Bertz CT molecular complexity index is 1260. The molecule has 0 atom stereocenters. The van der Waals surface area contributed by atoms with Crippen LogP contribution in [-0.2, 0) is 17.8 Å². The zero-order valence-corrected chi connectivity index (χ0v) is 20.4. The Labute approximate surface area is 199 Å². The maximum absolute atomic E-state index is 13.1. The summed E-state index contributed by atoms with van der Waals surface area (Å²) < 4.78 is 11.4. The van der Waals surface area contributed by atoms with E-state index in [-0.39, 0.29) is 29.2 Å². The van der Waals surface area contributed by atoms with E-state index in [1.54, 1.807) is 20.8 Å². The molecule has 3 aromatic rings. The van der Waals surface area contributed by atoms with Gasteiger partial charge in [-0.25, -0.2) is 9.59 Å². The third-order valence-electron chi connectivity index (χ3n) is 6.27. The van der Waals surface area contributed by atoms with E-state index in [0.29, 0.717) is 40.0 Å². The lowest BCUT2D eigenvalue weighted by Gasteiger charge is -2.21. The summed E-state index contributed by atoms with van der Waals surface area (Å²) in [6, 6.07) is 10.9. The van der Waals surface area contributed by atoms with Crippen LogP contribution in [0.4, 0.5) is 0 Å². The molecule has 0 radical (unpaired) electrons. The number of carbonyl (C=O) groups is 2. The Balaban J connectivity index is 1.98. The van der Waals surface area contributed by atoms with Crippen molar-refractivity contribution in [3.8, 4) is 17.2 Å². The molecule has 0 amide bonds. The highest BCUT2D eigenvalue weighted by Crippen LogP contribution is 2.37. The number of hydrogen-bond donors (Lipinski definition) is 2. The van der Waals surface area contributed by atoms with E-state index in [4.69, 9.17) is 9.47 Å². The first kappa shape index (κ1) is 24.8. The molecule has 0 aliphatic heterocycles. The van der Waals surface area contributed by atoms with E-state index in [9.17, 15) is 19.8 Å². The molecule has 6 nitrogen and oxygen atoms in total. The number of ether oxygens (including phenoxy) is 2. The predicted octanol–water partition coefficient (Wildman–Crippen LogP) is 5.78. The van der Waals surface area contributed by atoms with Crippen LogP contribution in [0, 0.1) is 34.6 Å². The van der Waals surface area contributed by atoms with Gasteiger partial charge in [-0.15, -0.1) is 0 Å². The molecule has 0 heterocycles. The number of aryl methyl sites for hydroxylation is 1. The monoisotopic (exact) mass is 462 g/mol. The molecule has 0 saturated heterocycles. The van der Waals surface area contributed by atoms with E-state index in [1.807, 2.05) is 44.2 Å². The summed E-state index contributed by atoms with van der Waals surface area (Å²) in [7, 11) is 0. The van der Waals surface area contributed by atoms with Crippen LogP contribution in [0.5, 0.6) is 17.2 Å². The summed E-state index contributed by atoms with van der Waals surface area (Å²) in [5.41, 5.74) is 4.68. The van der Waals surface area contributed by atoms with Crippen molar-refractivity contribution < 1.29 is 29.3 Å². The average molecular weight is 463 g/mol. The molecule has 34 heavy (non-hydrogen) atoms. The van der Waals surface area contributed by atoms with Crippen molar-refractivity contribution in [3.63, 3.8) is 0 Å². The van der Waals surface area contributed by atoms with Gasteiger partial charge in [-0.3, -0.25) is 0 Å². The average Bonchev–Trinajstić information content (AvgIpc) is 2.80. The van der Waals surface area contributed by atoms with Crippen LogP contribution < -0.4 is 4.74 Å². The topological polar surface area (TPSA) is 93.1 Å². The molecule has 0 saturated carbocycles. The van der Waals surface area contributed by atoms with Crippen LogP contribution in [0.15, 0.2) is 36.4 Å². The minimum atomic E-state index is -0.728. The SMILES string of the molecule is CCc1c(C)c(C(=O)OCc2ccccc2)c(C)c(C)c1OC(=O)c1c(C)cc(O)c(C)c1O. The van der Waals surface area contributed by atoms with Crippen molar-refractivity contribution in [3.05, 3.63) is 86.5 Å². The lowest BCUT2D eigenvalue weighted by atomic mass is 9.91. The fourth-order valence-electron chi connectivity index (χ4n) is 4.13. The van der Waals surface area contributed by atoms with E-state index < -0.39 is 11.9 Å². The molecule has 0 aromatic heterocycles. The van der Waals surface area contributed by atoms with Gasteiger partial charge in [-0.2, -0.15) is 0 Å². The second-order valence-electron chi connectivity index (χ2n) is 8.42. The van der Waals surface area contributed by atoms with Crippen molar-refractivity contribution in [1.29, 1.82) is 0 Å². The zero-order chi connectivity index (χ0) is 25.2. The summed E-state index contributed by atoms with van der Waals surface area (Å²) >= 11 is 0. The van der Waals surface area contributed by atoms with E-state index >= 15 is 0 Å². The molecule has 0 spiro atoms. The van der Waals surface area contributed by atoms with Gasteiger partial charge in [0, 0.05) is 5.56 Å². The number of carbonyl (C=O) groups excluding carboxylic acids is 2. The Morgan fingerprint density at radius 1 is 0.824 bits per heavy atom. The second-order valence-corrected chi connectivity index (χ2v) is 8.42. The molecule has 0 bridgehead atoms. The first-order valence-electron chi connectivity index (χ1n) is 11.2. The number of phenols is 2. The first-order valence-corrected chi connectivity index (χ1v) is 11.2. The van der Waals surface area contributed by atoms with Crippen LogP contribution in [0.1, 0.15) is 66.6 Å². The summed E-state index contributed by atoms with van der Waals surface area (Å²) in [6.45, 7) is 10.6. The van der Waals surface area contributed by atoms with Gasteiger partial charge in [0.2, 0.25) is 0 Å². The normalized spacial score (nSPS) is 10.8. The molecule has 3 rings (SSSR count). The maximum atomic E-state index is 13.1. The number of hydrogen-bond acceptors (Lipinski definition) is 6. The van der Waals surface area contributed by atoms with Gasteiger partial charge in [0.05, 0.1) is 5.56 Å². The van der Waals surface area contributed by atoms with Gasteiger partial charge in [0.1, 0.15) is 29.4 Å². The predicted molar refractivity (Wildman–Crippen MR) is 130 cm³/mol. The summed E-state index contributed by atoms with van der Waals surface area (Å²) in [5, 5.41) is 20.4. The second kappa shape index (κ2) is 10.00. The maximum Gasteiger partial charge on any atom is 0.347 e. The minimum Gasteiger partial charge on any atom is -0.508 e. The highest BCUT2D eigenvalue weighted by molar-refractivity contribution is 5.98. The molecule has 0 fully saturated rings. The zero-order valence-electron chi connectivity index (χ0n) is 20.4. The fraction of sp³-hybridized carbons (Fsp3) is 0.286. The molecule has 3 aromatic carbocycles. The van der Waals surface area contributed by atoms with Crippen LogP contribution >= 0.6 is 0 Å². The summed E-state index contributed by atoms with van der Waals surface area (Å²) in [6.07, 6.45) is 0.522. The fourth-order valence-corrected chi connectivity index (χ4v) is 4.13. The smallest absolute Gasteiger partial charge is 0.347 e. The number of esters is 2. The minimum absolute atomic E-state index is 0.00148. The van der Waals surface area contributed by atoms with Gasteiger partial charge in [0.15, 0.2) is 0 Å². The highest BCUT2D eigenvalue weighted by Gasteiger charge is 2.27. The molecular formula is C28H30O6. The lowest BCUT2D eigenvalue weighted by Crippen LogP contribution is -2.17. The van der Waals surface area contributed by atoms with Crippen LogP contribution in [0.3, 0.4) is 0 Å². The van der Waals surface area contributed by atoms with Gasteiger partial charge < -0.3 is 19.7 Å². The van der Waals surface area contributed by atoms with E-state index in [0.717, 1.165) is 11.1 Å². The van der Waals surface area contributed by atoms with Crippen molar-refractivity contribution >= 4 is 11.9 Å². The van der Waals surface area contributed by atoms with Crippen LogP contribution in [-0.4, -0.2) is 22.2 Å². The number of rotatable bonds is 6.